The summed E-state index contributed by atoms with van der Waals surface area (Å²) in [5, 5.41) is 25.7. The Bertz CT molecular complexity index is 1360. The van der Waals surface area contributed by atoms with Crippen molar-refractivity contribution in [3.8, 4) is 11.8 Å². The Morgan fingerprint density at radius 2 is 1.74 bits per heavy atom. The molecular weight excluding hydrogens is 448 g/mol. The van der Waals surface area contributed by atoms with Crippen molar-refractivity contribution in [2.24, 2.45) is 0 Å². The molecule has 3 aromatic rings. The Hall–Kier alpha value is -4.97. The zero-order valence-electron chi connectivity index (χ0n) is 19.1. The third-order valence-corrected chi connectivity index (χ3v) is 5.05. The van der Waals surface area contributed by atoms with Crippen LogP contribution in [0.25, 0.3) is 6.08 Å². The molecule has 9 heteroatoms. The summed E-state index contributed by atoms with van der Waals surface area (Å²) in [6.45, 7) is 3.65. The van der Waals surface area contributed by atoms with E-state index in [-0.39, 0.29) is 29.5 Å². The molecule has 0 aliphatic heterocycles. The number of ether oxygens (including phenoxy) is 1. The van der Waals surface area contributed by atoms with Gasteiger partial charge in [0.1, 0.15) is 17.4 Å². The molecule has 2 N–H and O–H groups in total. The van der Waals surface area contributed by atoms with Crippen molar-refractivity contribution in [2.45, 2.75) is 13.8 Å². The van der Waals surface area contributed by atoms with E-state index in [2.05, 4.69) is 10.6 Å². The van der Waals surface area contributed by atoms with Gasteiger partial charge in [-0.2, -0.15) is 5.26 Å². The molecule has 0 spiro atoms. The smallest absolute Gasteiger partial charge is 0.271 e. The molecule has 0 aliphatic carbocycles. The number of benzene rings is 3. The van der Waals surface area contributed by atoms with E-state index in [1.165, 1.54) is 30.3 Å². The van der Waals surface area contributed by atoms with Crippen LogP contribution in [0.2, 0.25) is 0 Å². The first kappa shape index (κ1) is 24.7. The van der Waals surface area contributed by atoms with Gasteiger partial charge in [0.2, 0.25) is 0 Å². The molecule has 9 nitrogen and oxygen atoms in total. The maximum atomic E-state index is 12.6. The summed E-state index contributed by atoms with van der Waals surface area (Å²) < 4.78 is 5.64. The molecule has 3 rings (SSSR count). The number of para-hydroxylation sites is 1. The topological polar surface area (TPSA) is 134 Å². The molecule has 0 heterocycles. The van der Waals surface area contributed by atoms with Gasteiger partial charge in [0, 0.05) is 29.1 Å². The number of nitro groups is 1. The second kappa shape index (κ2) is 11.2. The molecule has 0 aliphatic rings. The van der Waals surface area contributed by atoms with Gasteiger partial charge in [-0.3, -0.25) is 19.7 Å². The predicted molar refractivity (Wildman–Crippen MR) is 132 cm³/mol. The van der Waals surface area contributed by atoms with Gasteiger partial charge >= 0.3 is 0 Å². The van der Waals surface area contributed by atoms with Crippen LogP contribution < -0.4 is 15.4 Å². The third-order valence-electron chi connectivity index (χ3n) is 5.05. The highest BCUT2D eigenvalue weighted by atomic mass is 16.6. The fourth-order valence-electron chi connectivity index (χ4n) is 3.09. The number of nitrogens with one attached hydrogen (secondary N) is 2. The van der Waals surface area contributed by atoms with Crippen molar-refractivity contribution in [3.63, 3.8) is 0 Å². The van der Waals surface area contributed by atoms with Gasteiger partial charge in [0.05, 0.1) is 4.92 Å². The summed E-state index contributed by atoms with van der Waals surface area (Å²) in [4.78, 5) is 35.3. The van der Waals surface area contributed by atoms with Crippen molar-refractivity contribution in [1.82, 2.24) is 0 Å². The highest BCUT2D eigenvalue weighted by Gasteiger charge is 2.14. The average Bonchev–Trinajstić information content (AvgIpc) is 2.84. The summed E-state index contributed by atoms with van der Waals surface area (Å²) in [5.74, 6) is -0.801. The van der Waals surface area contributed by atoms with E-state index in [4.69, 9.17) is 4.74 Å². The maximum Gasteiger partial charge on any atom is 0.271 e. The Morgan fingerprint density at radius 3 is 2.46 bits per heavy atom. The molecule has 2 amide bonds. The quantitative estimate of drug-likeness (QED) is 0.211. The highest BCUT2D eigenvalue weighted by Crippen LogP contribution is 2.23. The number of nitrogens with zero attached hydrogens (tertiary/aromatic N) is 2. The standard InChI is InChI=1S/C26H22N4O5/c1-17-10-11-22(12-18(17)2)28-25(31)16-35-24-9-4-3-6-19(24)13-20(15-27)26(32)29-21-7-5-8-23(14-21)30(33)34/h3-14H,16H2,1-2H3,(H,28,31)(H,29,32)/b20-13-. The SMILES string of the molecule is Cc1ccc(NC(=O)COc2ccccc2/C=C(/C#N)C(=O)Nc2cccc([N+](=O)[O-])c2)cc1C. The average molecular weight is 470 g/mol. The molecule has 0 saturated carbocycles. The maximum absolute atomic E-state index is 12.6. The van der Waals surface area contributed by atoms with Crippen LogP contribution in [0.3, 0.4) is 0 Å². The largest absolute Gasteiger partial charge is 0.483 e. The van der Waals surface area contributed by atoms with Crippen molar-refractivity contribution in [3.05, 3.63) is 99.1 Å². The van der Waals surface area contributed by atoms with Gasteiger partial charge in [-0.15, -0.1) is 0 Å². The molecule has 0 fully saturated rings. The van der Waals surface area contributed by atoms with Crippen LogP contribution in [0.4, 0.5) is 17.1 Å². The van der Waals surface area contributed by atoms with E-state index >= 15 is 0 Å². The Labute approximate surface area is 201 Å². The predicted octanol–water partition coefficient (Wildman–Crippen LogP) is 4.77. The zero-order chi connectivity index (χ0) is 25.4. The summed E-state index contributed by atoms with van der Waals surface area (Å²) in [6, 6.07) is 19.4. The van der Waals surface area contributed by atoms with Gasteiger partial charge in [-0.25, -0.2) is 0 Å². The summed E-state index contributed by atoms with van der Waals surface area (Å²) in [7, 11) is 0. The van der Waals surface area contributed by atoms with Crippen LogP contribution in [0.15, 0.2) is 72.3 Å². The first-order valence-corrected chi connectivity index (χ1v) is 10.5. The minimum atomic E-state index is -0.740. The molecule has 0 unspecified atom stereocenters. The number of hydrogen-bond donors (Lipinski definition) is 2. The summed E-state index contributed by atoms with van der Waals surface area (Å²) in [5.41, 5.74) is 2.97. The number of anilines is 2. The second-order valence-electron chi connectivity index (χ2n) is 7.61. The number of carbonyl (C=O) groups is 2. The number of aryl methyl sites for hydroxylation is 2. The van der Waals surface area contributed by atoms with Crippen LogP contribution >= 0.6 is 0 Å². The minimum absolute atomic E-state index is 0.179. The fraction of sp³-hybridized carbons (Fsp3) is 0.115. The number of carbonyl (C=O) groups excluding carboxylic acids is 2. The molecule has 3 aromatic carbocycles. The van der Waals surface area contributed by atoms with E-state index in [1.807, 2.05) is 32.0 Å². The first-order valence-electron chi connectivity index (χ1n) is 10.5. The number of nitro benzene ring substituents is 1. The second-order valence-corrected chi connectivity index (χ2v) is 7.61. The van der Waals surface area contributed by atoms with Crippen LogP contribution in [0.1, 0.15) is 16.7 Å². The van der Waals surface area contributed by atoms with E-state index in [0.717, 1.165) is 11.1 Å². The lowest BCUT2D eigenvalue weighted by molar-refractivity contribution is -0.384. The van der Waals surface area contributed by atoms with Crippen LogP contribution in [0.5, 0.6) is 5.75 Å². The highest BCUT2D eigenvalue weighted by molar-refractivity contribution is 6.10. The zero-order valence-corrected chi connectivity index (χ0v) is 19.1. The van der Waals surface area contributed by atoms with Crippen LogP contribution in [0, 0.1) is 35.3 Å². The number of non-ortho nitro benzene ring substituents is 1. The van der Waals surface area contributed by atoms with E-state index in [0.29, 0.717) is 17.0 Å². The Morgan fingerprint density at radius 1 is 1.00 bits per heavy atom. The monoisotopic (exact) mass is 470 g/mol. The van der Waals surface area contributed by atoms with Gasteiger partial charge < -0.3 is 15.4 Å². The van der Waals surface area contributed by atoms with E-state index < -0.39 is 10.8 Å². The number of rotatable bonds is 8. The number of nitriles is 1. The molecule has 35 heavy (non-hydrogen) atoms. The van der Waals surface area contributed by atoms with Crippen LogP contribution in [-0.4, -0.2) is 23.3 Å². The van der Waals surface area contributed by atoms with Gasteiger partial charge in [-0.1, -0.05) is 30.3 Å². The van der Waals surface area contributed by atoms with Gasteiger partial charge in [0.25, 0.3) is 17.5 Å². The van der Waals surface area contributed by atoms with E-state index in [1.54, 1.807) is 30.3 Å². The fourth-order valence-corrected chi connectivity index (χ4v) is 3.09. The molecule has 0 aromatic heterocycles. The number of amides is 2. The van der Waals surface area contributed by atoms with Gasteiger partial charge in [0.15, 0.2) is 6.61 Å². The molecule has 176 valence electrons. The molecule has 0 radical (unpaired) electrons. The molecular formula is C26H22N4O5. The normalized spacial score (nSPS) is 10.7. The number of hydrogen-bond acceptors (Lipinski definition) is 6. The molecule has 0 atom stereocenters. The molecule has 0 bridgehead atoms. The first-order chi connectivity index (χ1) is 16.8. The lowest BCUT2D eigenvalue weighted by Gasteiger charge is -2.11. The summed E-state index contributed by atoms with van der Waals surface area (Å²) >= 11 is 0. The lowest BCUT2D eigenvalue weighted by Crippen LogP contribution is -2.20. The third kappa shape index (κ3) is 6.76. The lowest BCUT2D eigenvalue weighted by atomic mass is 10.1. The van der Waals surface area contributed by atoms with Crippen molar-refractivity contribution >= 4 is 35.0 Å². The molecule has 0 saturated heterocycles. The Balaban J connectivity index is 1.71. The van der Waals surface area contributed by atoms with Crippen molar-refractivity contribution in [1.29, 1.82) is 5.26 Å². The van der Waals surface area contributed by atoms with Crippen molar-refractivity contribution < 1.29 is 19.2 Å². The minimum Gasteiger partial charge on any atom is -0.483 e. The van der Waals surface area contributed by atoms with Crippen molar-refractivity contribution in [2.75, 3.05) is 17.2 Å². The Kier molecular flexibility index (Phi) is 7.93. The van der Waals surface area contributed by atoms with Gasteiger partial charge in [-0.05, 0) is 55.3 Å². The van der Waals surface area contributed by atoms with E-state index in [9.17, 15) is 25.0 Å². The summed E-state index contributed by atoms with van der Waals surface area (Å²) in [6.07, 6.45) is 1.32. The van der Waals surface area contributed by atoms with Crippen LogP contribution in [-0.2, 0) is 9.59 Å².